The number of allylic oxidation sites excluding steroid dienone is 2. The van der Waals surface area contributed by atoms with Gasteiger partial charge < -0.3 is 0 Å². The summed E-state index contributed by atoms with van der Waals surface area (Å²) in [5.41, 5.74) is -0.452. The number of hydrogen-bond acceptors (Lipinski definition) is 0. The Labute approximate surface area is 138 Å². The van der Waals surface area contributed by atoms with E-state index in [4.69, 9.17) is 23.2 Å². The molecule has 0 fully saturated rings. The van der Waals surface area contributed by atoms with Crippen molar-refractivity contribution in [1.82, 2.24) is 0 Å². The molecule has 0 atom stereocenters. The lowest BCUT2D eigenvalue weighted by Gasteiger charge is -2.03. The fraction of sp³-hybridized carbons (Fsp3) is 0. The largest absolute Gasteiger partial charge is 0.203 e. The Kier molecular flexibility index (Phi) is 5.44. The summed E-state index contributed by atoms with van der Waals surface area (Å²) in [5, 5.41) is 0.780. The van der Waals surface area contributed by atoms with Gasteiger partial charge >= 0.3 is 0 Å². The van der Waals surface area contributed by atoms with Crippen molar-refractivity contribution in [1.29, 1.82) is 0 Å². The van der Waals surface area contributed by atoms with Crippen LogP contribution in [-0.2, 0) is 0 Å². The molecule has 120 valence electrons. The molecule has 0 bridgehead atoms. The third-order valence-corrected chi connectivity index (χ3v) is 3.42. The summed E-state index contributed by atoms with van der Waals surface area (Å²) in [6, 6.07) is 4.69. The summed E-state index contributed by atoms with van der Waals surface area (Å²) in [6.45, 7) is 0. The molecule has 0 unspecified atom stereocenters. The van der Waals surface area contributed by atoms with Gasteiger partial charge in [0.2, 0.25) is 5.82 Å². The van der Waals surface area contributed by atoms with Crippen molar-refractivity contribution in [3.63, 3.8) is 0 Å². The molecule has 0 heterocycles. The fourth-order valence-electron chi connectivity index (χ4n) is 1.72. The van der Waals surface area contributed by atoms with Crippen LogP contribution in [0.2, 0.25) is 10.0 Å². The molecule has 0 aliphatic rings. The number of rotatable bonds is 3. The van der Waals surface area contributed by atoms with Gasteiger partial charge in [-0.1, -0.05) is 47.5 Å². The third kappa shape index (κ3) is 3.74. The van der Waals surface area contributed by atoms with E-state index >= 15 is 0 Å². The van der Waals surface area contributed by atoms with Gasteiger partial charge in [0.1, 0.15) is 0 Å². The van der Waals surface area contributed by atoms with Crippen LogP contribution in [0.15, 0.2) is 30.4 Å². The zero-order valence-electron chi connectivity index (χ0n) is 11.2. The molecule has 0 saturated carbocycles. The van der Waals surface area contributed by atoms with E-state index < -0.39 is 34.6 Å². The normalized spacial score (nSPS) is 11.8. The number of halogens is 7. The van der Waals surface area contributed by atoms with Crippen LogP contribution < -0.4 is 0 Å². The Hall–Kier alpha value is -1.85. The lowest BCUT2D eigenvalue weighted by atomic mass is 10.1. The summed E-state index contributed by atoms with van der Waals surface area (Å²) < 4.78 is 65.8. The van der Waals surface area contributed by atoms with Gasteiger partial charge in [-0.25, -0.2) is 22.0 Å². The predicted molar refractivity (Wildman–Crippen MR) is 80.8 cm³/mol. The topological polar surface area (TPSA) is 0 Å². The fourth-order valence-corrected chi connectivity index (χ4v) is 2.19. The van der Waals surface area contributed by atoms with Crippen molar-refractivity contribution in [2.45, 2.75) is 0 Å². The maximum Gasteiger partial charge on any atom is 0.200 e. The van der Waals surface area contributed by atoms with Crippen LogP contribution in [0.25, 0.3) is 12.2 Å². The van der Waals surface area contributed by atoms with E-state index in [0.29, 0.717) is 15.6 Å². The first-order valence-electron chi connectivity index (χ1n) is 6.14. The Balaban J connectivity index is 2.29. The van der Waals surface area contributed by atoms with Crippen LogP contribution in [0, 0.1) is 29.1 Å². The Morgan fingerprint density at radius 3 is 1.78 bits per heavy atom. The molecule has 0 amide bonds. The van der Waals surface area contributed by atoms with Crippen molar-refractivity contribution in [2.75, 3.05) is 0 Å². The van der Waals surface area contributed by atoms with Crippen molar-refractivity contribution >= 4 is 35.4 Å². The molecule has 7 heteroatoms. The van der Waals surface area contributed by atoms with Crippen LogP contribution in [-0.4, -0.2) is 0 Å². The van der Waals surface area contributed by atoms with E-state index in [9.17, 15) is 22.0 Å². The van der Waals surface area contributed by atoms with Gasteiger partial charge in [-0.2, -0.15) is 0 Å². The van der Waals surface area contributed by atoms with Gasteiger partial charge in [0.25, 0.3) is 0 Å². The molecule has 0 aliphatic carbocycles. The van der Waals surface area contributed by atoms with Crippen molar-refractivity contribution < 1.29 is 22.0 Å². The molecule has 23 heavy (non-hydrogen) atoms. The van der Waals surface area contributed by atoms with Gasteiger partial charge in [-0.05, 0) is 23.8 Å². The highest BCUT2D eigenvalue weighted by Gasteiger charge is 2.23. The number of benzene rings is 2. The molecular formula is C16H7Cl2F5. The van der Waals surface area contributed by atoms with E-state index in [1.165, 1.54) is 18.2 Å². The highest BCUT2D eigenvalue weighted by molar-refractivity contribution is 6.35. The third-order valence-electron chi connectivity index (χ3n) is 2.86. The van der Waals surface area contributed by atoms with Gasteiger partial charge in [0.05, 0.1) is 5.56 Å². The molecule has 0 saturated heterocycles. The first-order valence-corrected chi connectivity index (χ1v) is 6.89. The first kappa shape index (κ1) is 17.5. The molecule has 0 N–H and O–H groups in total. The molecule has 0 aliphatic heterocycles. The minimum Gasteiger partial charge on any atom is -0.203 e. The van der Waals surface area contributed by atoms with E-state index in [2.05, 4.69) is 0 Å². The smallest absolute Gasteiger partial charge is 0.200 e. The van der Waals surface area contributed by atoms with Crippen LogP contribution in [0.3, 0.4) is 0 Å². The second kappa shape index (κ2) is 7.15. The van der Waals surface area contributed by atoms with E-state index in [0.717, 1.165) is 12.2 Å². The number of hydrogen-bond donors (Lipinski definition) is 0. The monoisotopic (exact) mass is 364 g/mol. The van der Waals surface area contributed by atoms with Gasteiger partial charge in [-0.15, -0.1) is 0 Å². The molecule has 2 rings (SSSR count). The van der Waals surface area contributed by atoms with E-state index in [1.807, 2.05) is 0 Å². The summed E-state index contributed by atoms with van der Waals surface area (Å²) >= 11 is 11.6. The lowest BCUT2D eigenvalue weighted by Crippen LogP contribution is -2.03. The quantitative estimate of drug-likeness (QED) is 0.255. The van der Waals surface area contributed by atoms with Crippen LogP contribution in [0.5, 0.6) is 0 Å². The Bertz CT molecular complexity index is 784. The van der Waals surface area contributed by atoms with E-state index in [-0.39, 0.29) is 0 Å². The standard InChI is InChI=1S/C16H7Cl2F5/c17-9-6-5-8(11(18)7-9)3-1-2-4-10-12(19)14(21)16(23)15(22)13(10)20/h1-7H/b3-1+,4-2+. The molecule has 0 radical (unpaired) electrons. The SMILES string of the molecule is Fc1c(F)c(F)c(/C=C/C=C/c2ccc(Cl)cc2Cl)c(F)c1F. The van der Waals surface area contributed by atoms with Crippen molar-refractivity contribution in [2.24, 2.45) is 0 Å². The average Bonchev–Trinajstić information content (AvgIpc) is 2.52. The summed E-state index contributed by atoms with van der Waals surface area (Å²) in [6.07, 6.45) is 4.73. The molecule has 0 nitrogen and oxygen atoms in total. The van der Waals surface area contributed by atoms with Gasteiger partial charge in [0, 0.05) is 10.0 Å². The summed E-state index contributed by atoms with van der Waals surface area (Å²) in [7, 11) is 0. The first-order chi connectivity index (χ1) is 10.8. The Morgan fingerprint density at radius 2 is 1.22 bits per heavy atom. The maximum absolute atomic E-state index is 13.4. The molecule has 2 aromatic carbocycles. The highest BCUT2D eigenvalue weighted by atomic mass is 35.5. The van der Waals surface area contributed by atoms with Gasteiger partial charge in [0.15, 0.2) is 23.3 Å². The van der Waals surface area contributed by atoms with E-state index in [1.54, 1.807) is 12.1 Å². The highest BCUT2D eigenvalue weighted by Crippen LogP contribution is 2.24. The van der Waals surface area contributed by atoms with Crippen LogP contribution in [0.4, 0.5) is 22.0 Å². The average molecular weight is 365 g/mol. The summed E-state index contributed by atoms with van der Waals surface area (Å²) in [5.74, 6) is -9.96. The zero-order chi connectivity index (χ0) is 17.1. The maximum atomic E-state index is 13.4. The van der Waals surface area contributed by atoms with Crippen molar-refractivity contribution in [3.8, 4) is 0 Å². The lowest BCUT2D eigenvalue weighted by molar-refractivity contribution is 0.377. The minimum absolute atomic E-state index is 0.346. The van der Waals surface area contributed by atoms with Gasteiger partial charge in [-0.3, -0.25) is 0 Å². The molecule has 2 aromatic rings. The molecular weight excluding hydrogens is 358 g/mol. The molecule has 0 spiro atoms. The summed E-state index contributed by atoms with van der Waals surface area (Å²) in [4.78, 5) is 0. The second-order valence-corrected chi connectivity index (χ2v) is 5.21. The second-order valence-electron chi connectivity index (χ2n) is 4.37. The van der Waals surface area contributed by atoms with Crippen molar-refractivity contribution in [3.05, 3.63) is 80.6 Å². The zero-order valence-corrected chi connectivity index (χ0v) is 12.7. The predicted octanol–water partition coefficient (Wildman–Crippen LogP) is 6.42. The van der Waals surface area contributed by atoms with Crippen LogP contribution in [0.1, 0.15) is 11.1 Å². The Morgan fingerprint density at radius 1 is 0.696 bits per heavy atom. The minimum atomic E-state index is -2.19. The van der Waals surface area contributed by atoms with Crippen LogP contribution >= 0.6 is 23.2 Å². The molecule has 0 aromatic heterocycles.